The number of aryl methyl sites for hydroxylation is 1. The van der Waals surface area contributed by atoms with Crippen LogP contribution < -0.4 is 16.6 Å². The Bertz CT molecular complexity index is 1280. The van der Waals surface area contributed by atoms with Crippen molar-refractivity contribution in [3.8, 4) is 5.69 Å². The first-order chi connectivity index (χ1) is 13.9. The number of benzene rings is 1. The summed E-state index contributed by atoms with van der Waals surface area (Å²) < 4.78 is 39.9. The summed E-state index contributed by atoms with van der Waals surface area (Å²) in [6, 6.07) is 2.55. The van der Waals surface area contributed by atoms with Gasteiger partial charge in [0.25, 0.3) is 11.5 Å². The van der Waals surface area contributed by atoms with E-state index < -0.39 is 29.0 Å². The van der Waals surface area contributed by atoms with E-state index in [1.165, 1.54) is 6.20 Å². The number of hydrogen-bond donors (Lipinski definition) is 2. The molecule has 0 atom stereocenters. The number of carbonyl (C=O) groups is 1. The van der Waals surface area contributed by atoms with Crippen LogP contribution in [0.15, 0.2) is 34.0 Å². The first kappa shape index (κ1) is 21.7. The average Bonchev–Trinajstić information content (AvgIpc) is 3.07. The van der Waals surface area contributed by atoms with E-state index in [-0.39, 0.29) is 37.6 Å². The predicted molar refractivity (Wildman–Crippen MR) is 104 cm³/mol. The van der Waals surface area contributed by atoms with E-state index in [0.29, 0.717) is 10.3 Å². The maximum atomic E-state index is 13.0. The minimum absolute atomic E-state index is 0.0180. The second-order valence-corrected chi connectivity index (χ2v) is 7.00. The van der Waals surface area contributed by atoms with Gasteiger partial charge in [0.1, 0.15) is 5.69 Å². The van der Waals surface area contributed by atoms with E-state index in [1.54, 1.807) is 6.92 Å². The van der Waals surface area contributed by atoms with Gasteiger partial charge in [-0.3, -0.25) is 19.3 Å². The van der Waals surface area contributed by atoms with Crippen LogP contribution >= 0.6 is 23.2 Å². The van der Waals surface area contributed by atoms with Crippen LogP contribution in [0.3, 0.4) is 0 Å². The van der Waals surface area contributed by atoms with Gasteiger partial charge in [0.05, 0.1) is 33.2 Å². The molecule has 2 aromatic heterocycles. The normalized spacial score (nSPS) is 11.6. The zero-order valence-corrected chi connectivity index (χ0v) is 16.8. The summed E-state index contributed by atoms with van der Waals surface area (Å²) in [5.41, 5.74) is -3.52. The van der Waals surface area contributed by atoms with Gasteiger partial charge >= 0.3 is 11.9 Å². The van der Waals surface area contributed by atoms with Gasteiger partial charge in [-0.1, -0.05) is 23.2 Å². The molecule has 2 heterocycles. The smallest absolute Gasteiger partial charge is 0.320 e. The van der Waals surface area contributed by atoms with E-state index >= 15 is 0 Å². The van der Waals surface area contributed by atoms with Crippen LogP contribution in [0.25, 0.3) is 5.69 Å². The van der Waals surface area contributed by atoms with E-state index in [0.717, 1.165) is 19.2 Å². The highest BCUT2D eigenvalue weighted by Crippen LogP contribution is 2.32. The molecular weight excluding hydrogens is 450 g/mol. The van der Waals surface area contributed by atoms with Crippen molar-refractivity contribution in [1.29, 1.82) is 0 Å². The van der Waals surface area contributed by atoms with Gasteiger partial charge in [0, 0.05) is 18.8 Å². The molecule has 3 aromatic rings. The summed E-state index contributed by atoms with van der Waals surface area (Å²) in [6.45, 7) is 1.61. The second-order valence-electron chi connectivity index (χ2n) is 6.19. The third-order valence-corrected chi connectivity index (χ3v) is 4.83. The monoisotopic (exact) mass is 461 g/mol. The Balaban J connectivity index is 2.15. The summed E-state index contributed by atoms with van der Waals surface area (Å²) in [5, 5.41) is 8.60. The Hall–Kier alpha value is -3.05. The highest BCUT2D eigenvalue weighted by atomic mass is 35.5. The molecule has 0 unspecified atom stereocenters. The third-order valence-electron chi connectivity index (χ3n) is 4.21. The van der Waals surface area contributed by atoms with E-state index in [9.17, 15) is 27.6 Å². The fraction of sp³-hybridized carbons (Fsp3) is 0.176. The maximum absolute atomic E-state index is 13.0. The molecule has 0 radical (unpaired) electrons. The molecule has 0 aliphatic rings. The van der Waals surface area contributed by atoms with Crippen LogP contribution in [0.1, 0.15) is 21.7 Å². The fourth-order valence-electron chi connectivity index (χ4n) is 2.69. The van der Waals surface area contributed by atoms with Crippen molar-refractivity contribution in [2.24, 2.45) is 7.05 Å². The zero-order valence-electron chi connectivity index (χ0n) is 15.3. The largest absolute Gasteiger partial charge is 0.431 e. The van der Waals surface area contributed by atoms with E-state index in [4.69, 9.17) is 23.2 Å². The third kappa shape index (κ3) is 3.85. The molecule has 0 spiro atoms. The molecule has 0 saturated carbocycles. The van der Waals surface area contributed by atoms with Crippen molar-refractivity contribution in [3.63, 3.8) is 0 Å². The van der Waals surface area contributed by atoms with Crippen LogP contribution in [0.5, 0.6) is 0 Å². The maximum Gasteiger partial charge on any atom is 0.431 e. The molecule has 0 saturated heterocycles. The number of H-pyrrole nitrogens is 1. The second kappa shape index (κ2) is 7.65. The molecule has 0 aliphatic carbocycles. The van der Waals surface area contributed by atoms with Gasteiger partial charge < -0.3 is 5.32 Å². The Labute approximate surface area is 175 Å². The molecule has 2 N–H and O–H groups in total. The molecule has 0 fully saturated rings. The summed E-state index contributed by atoms with van der Waals surface area (Å²) >= 11 is 12.2. The molecule has 3 rings (SSSR count). The van der Waals surface area contributed by atoms with E-state index in [2.05, 4.69) is 15.5 Å². The number of aromatic nitrogens is 4. The van der Waals surface area contributed by atoms with Gasteiger partial charge in [0.2, 0.25) is 0 Å². The van der Waals surface area contributed by atoms with Crippen molar-refractivity contribution in [2.75, 3.05) is 5.32 Å². The number of nitrogens with one attached hydrogen (secondary N) is 2. The SMILES string of the molecule is Cc1[nH]ncc1C(=O)Nc1cc(-n2c(=O)cc(C(F)(F)F)n(C)c2=O)c(Cl)cc1Cl. The lowest BCUT2D eigenvalue weighted by Crippen LogP contribution is -2.40. The molecule has 0 bridgehead atoms. The van der Waals surface area contributed by atoms with Crippen LogP contribution in [-0.2, 0) is 13.2 Å². The first-order valence-corrected chi connectivity index (χ1v) is 8.88. The lowest BCUT2D eigenvalue weighted by atomic mass is 10.2. The average molecular weight is 462 g/mol. The van der Waals surface area contributed by atoms with Crippen LogP contribution in [0.4, 0.5) is 18.9 Å². The first-order valence-electron chi connectivity index (χ1n) is 8.13. The Morgan fingerprint density at radius 1 is 1.17 bits per heavy atom. The highest BCUT2D eigenvalue weighted by Gasteiger charge is 2.35. The van der Waals surface area contributed by atoms with Gasteiger partial charge in [-0.05, 0) is 19.1 Å². The number of carbonyl (C=O) groups excluding carboxylic acids is 1. The van der Waals surface area contributed by atoms with Gasteiger partial charge in [-0.25, -0.2) is 9.36 Å². The number of anilines is 1. The summed E-state index contributed by atoms with van der Waals surface area (Å²) in [7, 11) is 0.870. The zero-order chi connectivity index (χ0) is 22.4. The molecule has 30 heavy (non-hydrogen) atoms. The summed E-state index contributed by atoms with van der Waals surface area (Å²) in [6.07, 6.45) is -3.62. The van der Waals surface area contributed by atoms with Crippen molar-refractivity contribution < 1.29 is 18.0 Å². The van der Waals surface area contributed by atoms with Crippen LogP contribution in [0.2, 0.25) is 10.0 Å². The number of aromatic amines is 1. The summed E-state index contributed by atoms with van der Waals surface area (Å²) in [5.74, 6) is -0.593. The molecule has 8 nitrogen and oxygen atoms in total. The molecule has 1 amide bonds. The topological polar surface area (TPSA) is 102 Å². The van der Waals surface area contributed by atoms with Crippen LogP contribution in [-0.4, -0.2) is 25.2 Å². The van der Waals surface area contributed by atoms with Crippen molar-refractivity contribution >= 4 is 34.8 Å². The molecule has 158 valence electrons. The lowest BCUT2D eigenvalue weighted by Gasteiger charge is -2.16. The molecule has 1 aromatic carbocycles. The van der Waals surface area contributed by atoms with E-state index in [1.807, 2.05) is 0 Å². The summed E-state index contributed by atoms with van der Waals surface area (Å²) in [4.78, 5) is 37.2. The standard InChI is InChI=1S/C17H12Cl2F3N5O3/c1-7-8(6-23-25-7)15(29)24-11-4-12(10(19)3-9(11)18)27-14(28)5-13(17(20,21)22)26(2)16(27)30/h3-6H,1-2H3,(H,23,25)(H,24,29). The molecule has 13 heteroatoms. The number of alkyl halides is 3. The minimum atomic E-state index is -4.91. The van der Waals surface area contributed by atoms with Gasteiger partial charge in [-0.15, -0.1) is 0 Å². The van der Waals surface area contributed by atoms with Crippen molar-refractivity contribution in [2.45, 2.75) is 13.1 Å². The number of amides is 1. The highest BCUT2D eigenvalue weighted by molar-refractivity contribution is 6.37. The number of nitrogens with zero attached hydrogens (tertiary/aromatic N) is 3. The Kier molecular flexibility index (Phi) is 5.52. The fourth-order valence-corrected chi connectivity index (χ4v) is 3.21. The molecular formula is C17H12Cl2F3N5O3. The predicted octanol–water partition coefficient (Wildman–Crippen LogP) is 3.15. The van der Waals surface area contributed by atoms with Gasteiger partial charge in [0.15, 0.2) is 0 Å². The molecule has 0 aliphatic heterocycles. The minimum Gasteiger partial charge on any atom is -0.320 e. The van der Waals surface area contributed by atoms with Crippen molar-refractivity contribution in [3.05, 3.63) is 72.2 Å². The Morgan fingerprint density at radius 2 is 1.83 bits per heavy atom. The van der Waals surface area contributed by atoms with Crippen molar-refractivity contribution in [1.82, 2.24) is 19.3 Å². The Morgan fingerprint density at radius 3 is 2.40 bits per heavy atom. The number of rotatable bonds is 3. The number of hydrogen-bond acceptors (Lipinski definition) is 4. The van der Waals surface area contributed by atoms with Crippen LogP contribution in [0, 0.1) is 6.92 Å². The lowest BCUT2D eigenvalue weighted by molar-refractivity contribution is -0.144. The van der Waals surface area contributed by atoms with Gasteiger partial charge in [-0.2, -0.15) is 18.3 Å². The quantitative estimate of drug-likeness (QED) is 0.625. The number of halogens is 5.